The van der Waals surface area contributed by atoms with Crippen molar-refractivity contribution >= 4 is 5.95 Å². The zero-order chi connectivity index (χ0) is 9.97. The number of aromatic nitrogens is 2. The monoisotopic (exact) mass is 195 g/mol. The summed E-state index contributed by atoms with van der Waals surface area (Å²) < 4.78 is 5.33. The van der Waals surface area contributed by atoms with Gasteiger partial charge in [0.15, 0.2) is 0 Å². The van der Waals surface area contributed by atoms with Crippen LogP contribution in [0.25, 0.3) is 0 Å². The topological polar surface area (TPSA) is 41.2 Å². The molecule has 0 aromatic carbocycles. The van der Waals surface area contributed by atoms with Gasteiger partial charge < -0.3 is 14.6 Å². The van der Waals surface area contributed by atoms with Crippen molar-refractivity contribution in [2.24, 2.45) is 0 Å². The molecule has 0 radical (unpaired) electrons. The number of rotatable bonds is 2. The molecule has 78 valence electrons. The molecule has 1 fully saturated rings. The molecule has 0 bridgehead atoms. The summed E-state index contributed by atoms with van der Waals surface area (Å²) >= 11 is 0. The number of hydrogen-bond donors (Lipinski definition) is 1. The Bertz CT molecular complexity index is 291. The molecule has 1 aromatic rings. The fraction of sp³-hybridized carbons (Fsp3) is 0.700. The second kappa shape index (κ2) is 4.00. The number of aryl methyl sites for hydroxylation is 1. The Morgan fingerprint density at radius 3 is 2.79 bits per heavy atom. The maximum absolute atomic E-state index is 5.33. The summed E-state index contributed by atoms with van der Waals surface area (Å²) in [6.45, 7) is 3.76. The molecule has 0 saturated carbocycles. The second-order valence-corrected chi connectivity index (χ2v) is 3.84. The number of nitrogens with zero attached hydrogens (tertiary/aromatic N) is 2. The molecule has 0 aliphatic carbocycles. The molecule has 0 amide bonds. The molecular weight excluding hydrogens is 178 g/mol. The van der Waals surface area contributed by atoms with Crippen LogP contribution in [0.5, 0.6) is 0 Å². The van der Waals surface area contributed by atoms with Gasteiger partial charge in [-0.05, 0) is 19.8 Å². The van der Waals surface area contributed by atoms with Crippen LogP contribution < -0.4 is 4.90 Å². The number of nitrogens with one attached hydrogen (secondary N) is 1. The van der Waals surface area contributed by atoms with E-state index in [1.807, 2.05) is 13.1 Å². The van der Waals surface area contributed by atoms with Gasteiger partial charge in [0.1, 0.15) is 0 Å². The molecule has 1 aliphatic rings. The molecule has 2 rings (SSSR count). The number of imidazole rings is 1. The summed E-state index contributed by atoms with van der Waals surface area (Å²) in [5.74, 6) is 0.967. The summed E-state index contributed by atoms with van der Waals surface area (Å²) in [7, 11) is 2.09. The molecule has 0 spiro atoms. The summed E-state index contributed by atoms with van der Waals surface area (Å²) in [4.78, 5) is 9.79. The largest absolute Gasteiger partial charge is 0.381 e. The minimum Gasteiger partial charge on any atom is -0.381 e. The van der Waals surface area contributed by atoms with Gasteiger partial charge in [0.05, 0.1) is 0 Å². The highest BCUT2D eigenvalue weighted by atomic mass is 16.5. The molecule has 0 atom stereocenters. The highest BCUT2D eigenvalue weighted by Crippen LogP contribution is 2.17. The molecule has 14 heavy (non-hydrogen) atoms. The Morgan fingerprint density at radius 2 is 2.21 bits per heavy atom. The highest BCUT2D eigenvalue weighted by Gasteiger charge is 2.19. The first-order chi connectivity index (χ1) is 6.77. The van der Waals surface area contributed by atoms with Crippen LogP contribution in [0, 0.1) is 6.92 Å². The third-order valence-corrected chi connectivity index (χ3v) is 2.76. The lowest BCUT2D eigenvalue weighted by molar-refractivity contribution is 0.0852. The SMILES string of the molecule is Cc1cnc(N(C)C2CCOCC2)[nH]1. The van der Waals surface area contributed by atoms with Crippen LogP contribution in [0.2, 0.25) is 0 Å². The maximum atomic E-state index is 5.33. The Kier molecular flexibility index (Phi) is 2.72. The van der Waals surface area contributed by atoms with Crippen LogP contribution in [0.4, 0.5) is 5.95 Å². The van der Waals surface area contributed by atoms with Gasteiger partial charge >= 0.3 is 0 Å². The van der Waals surface area contributed by atoms with Crippen LogP contribution in [-0.4, -0.2) is 36.3 Å². The van der Waals surface area contributed by atoms with Crippen LogP contribution >= 0.6 is 0 Å². The van der Waals surface area contributed by atoms with Gasteiger partial charge in [-0.3, -0.25) is 0 Å². The molecule has 4 heteroatoms. The number of anilines is 1. The Hall–Kier alpha value is -1.03. The van der Waals surface area contributed by atoms with E-state index in [1.165, 1.54) is 0 Å². The Labute approximate surface area is 84.3 Å². The summed E-state index contributed by atoms with van der Waals surface area (Å²) in [5, 5.41) is 0. The van der Waals surface area contributed by atoms with E-state index in [0.29, 0.717) is 6.04 Å². The summed E-state index contributed by atoms with van der Waals surface area (Å²) in [6, 6.07) is 0.564. The number of aromatic amines is 1. The molecule has 1 N–H and O–H groups in total. The molecule has 2 heterocycles. The first-order valence-electron chi connectivity index (χ1n) is 5.09. The van der Waals surface area contributed by atoms with Gasteiger partial charge in [-0.25, -0.2) is 4.98 Å². The lowest BCUT2D eigenvalue weighted by atomic mass is 10.1. The molecule has 0 unspecified atom stereocenters. The minimum atomic E-state index is 0.564. The van der Waals surface area contributed by atoms with Crippen LogP contribution in [0.1, 0.15) is 18.5 Å². The van der Waals surface area contributed by atoms with Crippen molar-refractivity contribution < 1.29 is 4.74 Å². The second-order valence-electron chi connectivity index (χ2n) is 3.84. The Morgan fingerprint density at radius 1 is 1.50 bits per heavy atom. The van der Waals surface area contributed by atoms with Crippen molar-refractivity contribution in [3.05, 3.63) is 11.9 Å². The van der Waals surface area contributed by atoms with Crippen molar-refractivity contribution in [3.8, 4) is 0 Å². The smallest absolute Gasteiger partial charge is 0.202 e. The maximum Gasteiger partial charge on any atom is 0.202 e. The van der Waals surface area contributed by atoms with Crippen molar-refractivity contribution in [2.75, 3.05) is 25.2 Å². The number of hydrogen-bond acceptors (Lipinski definition) is 3. The molecule has 1 aromatic heterocycles. The van der Waals surface area contributed by atoms with Gasteiger partial charge in [-0.1, -0.05) is 0 Å². The predicted molar refractivity (Wildman–Crippen MR) is 55.6 cm³/mol. The highest BCUT2D eigenvalue weighted by molar-refractivity contribution is 5.31. The molecular formula is C10H17N3O. The fourth-order valence-corrected chi connectivity index (χ4v) is 1.82. The van der Waals surface area contributed by atoms with E-state index in [0.717, 1.165) is 37.7 Å². The third-order valence-electron chi connectivity index (χ3n) is 2.76. The third kappa shape index (κ3) is 1.90. The van der Waals surface area contributed by atoms with Gasteiger partial charge in [0.2, 0.25) is 5.95 Å². The average molecular weight is 195 g/mol. The van der Waals surface area contributed by atoms with E-state index in [9.17, 15) is 0 Å². The Balaban J connectivity index is 2.03. The minimum absolute atomic E-state index is 0.564. The summed E-state index contributed by atoms with van der Waals surface area (Å²) in [6.07, 6.45) is 4.05. The molecule has 4 nitrogen and oxygen atoms in total. The quantitative estimate of drug-likeness (QED) is 0.774. The van der Waals surface area contributed by atoms with Crippen LogP contribution in [0.3, 0.4) is 0 Å². The molecule has 1 saturated heterocycles. The van der Waals surface area contributed by atoms with Gasteiger partial charge in [0.25, 0.3) is 0 Å². The number of H-pyrrole nitrogens is 1. The van der Waals surface area contributed by atoms with Crippen molar-refractivity contribution in [2.45, 2.75) is 25.8 Å². The molecule has 1 aliphatic heterocycles. The summed E-state index contributed by atoms with van der Waals surface area (Å²) in [5.41, 5.74) is 1.11. The zero-order valence-electron chi connectivity index (χ0n) is 8.79. The van der Waals surface area contributed by atoms with Crippen molar-refractivity contribution in [1.82, 2.24) is 9.97 Å². The fourth-order valence-electron chi connectivity index (χ4n) is 1.82. The van der Waals surface area contributed by atoms with E-state index in [-0.39, 0.29) is 0 Å². The number of ether oxygens (including phenoxy) is 1. The van der Waals surface area contributed by atoms with Gasteiger partial charge in [-0.2, -0.15) is 0 Å². The van der Waals surface area contributed by atoms with Gasteiger partial charge in [0, 0.05) is 38.2 Å². The standard InChI is InChI=1S/C10H17N3O/c1-8-7-11-10(12-8)13(2)9-3-5-14-6-4-9/h7,9H,3-6H2,1-2H3,(H,11,12). The van der Waals surface area contributed by atoms with Crippen molar-refractivity contribution in [1.29, 1.82) is 0 Å². The normalized spacial score (nSPS) is 18.4. The predicted octanol–water partition coefficient (Wildman–Crippen LogP) is 1.33. The van der Waals surface area contributed by atoms with Crippen LogP contribution in [0.15, 0.2) is 6.20 Å². The first-order valence-corrected chi connectivity index (χ1v) is 5.09. The zero-order valence-corrected chi connectivity index (χ0v) is 8.79. The van der Waals surface area contributed by atoms with Crippen molar-refractivity contribution in [3.63, 3.8) is 0 Å². The van der Waals surface area contributed by atoms with E-state index in [2.05, 4.69) is 21.9 Å². The average Bonchev–Trinajstić information content (AvgIpc) is 2.65. The van der Waals surface area contributed by atoms with E-state index in [1.54, 1.807) is 0 Å². The van der Waals surface area contributed by atoms with Crippen LogP contribution in [-0.2, 0) is 4.74 Å². The van der Waals surface area contributed by atoms with E-state index in [4.69, 9.17) is 4.74 Å². The lowest BCUT2D eigenvalue weighted by Gasteiger charge is -2.30. The van der Waals surface area contributed by atoms with E-state index < -0.39 is 0 Å². The lowest BCUT2D eigenvalue weighted by Crippen LogP contribution is -2.37. The first kappa shape index (κ1) is 9.52. The van der Waals surface area contributed by atoms with E-state index >= 15 is 0 Å². The van der Waals surface area contributed by atoms with Gasteiger partial charge in [-0.15, -0.1) is 0 Å².